The molecule has 0 spiro atoms. The Balaban J connectivity index is 1.72. The molecule has 1 aliphatic heterocycles. The Kier molecular flexibility index (Phi) is 10.4. The number of rotatable bonds is 10. The van der Waals surface area contributed by atoms with Crippen LogP contribution in [0.4, 0.5) is 13.2 Å². The minimum atomic E-state index is -4.61. The van der Waals surface area contributed by atoms with Gasteiger partial charge in [-0.05, 0) is 12.1 Å². The van der Waals surface area contributed by atoms with Crippen LogP contribution in [-0.2, 0) is 23.8 Å². The fraction of sp³-hybridized carbons (Fsp3) is 0.556. The summed E-state index contributed by atoms with van der Waals surface area (Å²) in [5.41, 5.74) is 0. The van der Waals surface area contributed by atoms with Gasteiger partial charge in [0.2, 0.25) is 6.29 Å². The van der Waals surface area contributed by atoms with Crippen molar-refractivity contribution in [1.29, 1.82) is 0 Å². The van der Waals surface area contributed by atoms with Crippen molar-refractivity contribution in [2.24, 2.45) is 0 Å². The summed E-state index contributed by atoms with van der Waals surface area (Å²) in [4.78, 5) is 23.0. The minimum absolute atomic E-state index is 0.255. The molecule has 1 saturated heterocycles. The number of hydrogen-bond donors (Lipinski definition) is 3. The second-order valence-electron chi connectivity index (χ2n) is 6.43. The van der Waals surface area contributed by atoms with Crippen LogP contribution in [0.3, 0.4) is 0 Å². The number of esters is 2. The zero-order valence-electron chi connectivity index (χ0n) is 16.3. The molecule has 0 radical (unpaired) electrons. The van der Waals surface area contributed by atoms with E-state index in [-0.39, 0.29) is 5.75 Å². The lowest BCUT2D eigenvalue weighted by Crippen LogP contribution is -2.60. The van der Waals surface area contributed by atoms with Crippen molar-refractivity contribution < 1.29 is 57.0 Å². The minimum Gasteiger partial charge on any atom is -0.462 e. The van der Waals surface area contributed by atoms with Gasteiger partial charge < -0.3 is 34.3 Å². The van der Waals surface area contributed by atoms with Crippen LogP contribution in [0.1, 0.15) is 0 Å². The number of alkyl halides is 3. The summed E-state index contributed by atoms with van der Waals surface area (Å²) in [6, 6.07) is 8.29. The lowest BCUT2D eigenvalue weighted by Gasteiger charge is -2.39. The Hall–Kier alpha value is -1.71. The van der Waals surface area contributed by atoms with Gasteiger partial charge in [0, 0.05) is 0 Å². The Morgan fingerprint density at radius 3 is 2.12 bits per heavy atom. The topological polar surface area (TPSA) is 132 Å². The number of ether oxygens (including phenoxy) is 4. The second kappa shape index (κ2) is 12.5. The standard InChI is InChI=1S/C18H21F3O9S2/c19-18(20,21)9-28-13(23)8-32-31-7-12(22)27-6-11-14(24)15(25)16(26)17(30-11)29-10-4-2-1-3-5-10/h1-5,11,14-17,24-26H,6-9H2/t11-,14-,15+,16-,17-/m1/s1. The summed E-state index contributed by atoms with van der Waals surface area (Å²) < 4.78 is 55.7. The molecule has 0 aliphatic carbocycles. The van der Waals surface area contributed by atoms with Gasteiger partial charge in [-0.15, -0.1) is 0 Å². The molecule has 2 rings (SSSR count). The number of aliphatic hydroxyl groups excluding tert-OH is 3. The average Bonchev–Trinajstić information content (AvgIpc) is 2.75. The molecule has 1 aromatic carbocycles. The van der Waals surface area contributed by atoms with E-state index >= 15 is 0 Å². The van der Waals surface area contributed by atoms with Crippen LogP contribution in [-0.4, -0.2) is 88.9 Å². The maximum absolute atomic E-state index is 11.9. The molecule has 1 heterocycles. The van der Waals surface area contributed by atoms with Gasteiger partial charge in [-0.2, -0.15) is 13.2 Å². The number of halogens is 3. The molecule has 1 aromatic rings. The van der Waals surface area contributed by atoms with Gasteiger partial charge in [0.1, 0.15) is 48.3 Å². The molecule has 14 heteroatoms. The Labute approximate surface area is 188 Å². The lowest BCUT2D eigenvalue weighted by atomic mass is 9.99. The predicted octanol–water partition coefficient (Wildman–Crippen LogP) is 0.903. The van der Waals surface area contributed by atoms with Crippen molar-refractivity contribution in [3.63, 3.8) is 0 Å². The van der Waals surface area contributed by atoms with Crippen LogP contribution >= 0.6 is 21.6 Å². The van der Waals surface area contributed by atoms with Crippen LogP contribution < -0.4 is 4.74 Å². The summed E-state index contributed by atoms with van der Waals surface area (Å²) in [5, 5.41) is 30.2. The van der Waals surface area contributed by atoms with Crippen LogP contribution in [0.5, 0.6) is 5.75 Å². The van der Waals surface area contributed by atoms with Gasteiger partial charge in [0.15, 0.2) is 6.61 Å². The maximum Gasteiger partial charge on any atom is 0.422 e. The second-order valence-corrected chi connectivity index (χ2v) is 8.89. The molecule has 0 unspecified atom stereocenters. The highest BCUT2D eigenvalue weighted by Crippen LogP contribution is 2.25. The number of aliphatic hydroxyl groups is 3. The third-order valence-electron chi connectivity index (χ3n) is 3.91. The zero-order chi connectivity index (χ0) is 23.7. The molecule has 180 valence electrons. The zero-order valence-corrected chi connectivity index (χ0v) is 18.0. The van der Waals surface area contributed by atoms with Gasteiger partial charge in [-0.3, -0.25) is 9.59 Å². The molecule has 9 nitrogen and oxygen atoms in total. The van der Waals surface area contributed by atoms with Crippen LogP contribution in [0.2, 0.25) is 0 Å². The van der Waals surface area contributed by atoms with Crippen molar-refractivity contribution in [3.05, 3.63) is 30.3 Å². The molecule has 0 aromatic heterocycles. The Bertz CT molecular complexity index is 738. The van der Waals surface area contributed by atoms with Gasteiger partial charge in [0.25, 0.3) is 0 Å². The summed E-state index contributed by atoms with van der Waals surface area (Å²) in [7, 11) is 1.66. The smallest absolute Gasteiger partial charge is 0.422 e. The number of para-hydroxylation sites is 1. The highest BCUT2D eigenvalue weighted by atomic mass is 33.1. The summed E-state index contributed by atoms with van der Waals surface area (Å²) in [5.74, 6) is -2.15. The largest absolute Gasteiger partial charge is 0.462 e. The summed E-state index contributed by atoms with van der Waals surface area (Å²) in [6.07, 6.45) is -11.9. The normalized spacial score (nSPS) is 25.8. The molecule has 0 bridgehead atoms. The molecular formula is C18H21F3O9S2. The SMILES string of the molecule is O=C(CSSCC(=O)OCC(F)(F)F)OC[C@H]1O[C@@H](Oc2ccccc2)[C@H](O)[C@@H](O)[C@@H]1O. The van der Waals surface area contributed by atoms with E-state index in [1.807, 2.05) is 0 Å². The van der Waals surface area contributed by atoms with E-state index < -0.39 is 67.8 Å². The summed E-state index contributed by atoms with van der Waals surface area (Å²) >= 11 is 0. The molecule has 1 aliphatic rings. The van der Waals surface area contributed by atoms with Crippen LogP contribution in [0.25, 0.3) is 0 Å². The van der Waals surface area contributed by atoms with Crippen molar-refractivity contribution in [2.75, 3.05) is 24.7 Å². The molecule has 1 fully saturated rings. The van der Waals surface area contributed by atoms with E-state index in [9.17, 15) is 38.1 Å². The van der Waals surface area contributed by atoms with Gasteiger partial charge >= 0.3 is 18.1 Å². The molecular weight excluding hydrogens is 481 g/mol. The van der Waals surface area contributed by atoms with E-state index in [1.165, 1.54) is 0 Å². The van der Waals surface area contributed by atoms with Crippen LogP contribution in [0.15, 0.2) is 30.3 Å². The Morgan fingerprint density at radius 1 is 0.938 bits per heavy atom. The fourth-order valence-electron chi connectivity index (χ4n) is 2.39. The average molecular weight is 502 g/mol. The van der Waals surface area contributed by atoms with Crippen molar-refractivity contribution >= 4 is 33.5 Å². The first-order valence-corrected chi connectivity index (χ1v) is 11.6. The first kappa shape index (κ1) is 26.5. The van der Waals surface area contributed by atoms with E-state index in [2.05, 4.69) is 4.74 Å². The first-order valence-electron chi connectivity index (χ1n) is 9.10. The maximum atomic E-state index is 11.9. The van der Waals surface area contributed by atoms with Gasteiger partial charge in [-0.1, -0.05) is 39.8 Å². The fourth-order valence-corrected chi connectivity index (χ4v) is 3.99. The Morgan fingerprint density at radius 2 is 1.53 bits per heavy atom. The third kappa shape index (κ3) is 9.03. The van der Waals surface area contributed by atoms with Gasteiger partial charge in [-0.25, -0.2) is 0 Å². The highest BCUT2D eigenvalue weighted by molar-refractivity contribution is 8.77. The van der Waals surface area contributed by atoms with E-state index in [4.69, 9.17) is 14.2 Å². The van der Waals surface area contributed by atoms with E-state index in [0.29, 0.717) is 5.75 Å². The number of carbonyl (C=O) groups is 2. The number of carbonyl (C=O) groups excluding carboxylic acids is 2. The van der Waals surface area contributed by atoms with Gasteiger partial charge in [0.05, 0.1) is 0 Å². The van der Waals surface area contributed by atoms with Crippen molar-refractivity contribution in [3.8, 4) is 5.75 Å². The molecule has 0 saturated carbocycles. The third-order valence-corrected chi connectivity index (χ3v) is 5.99. The highest BCUT2D eigenvalue weighted by Gasteiger charge is 2.45. The quantitative estimate of drug-likeness (QED) is 0.240. The first-order chi connectivity index (χ1) is 15.1. The predicted molar refractivity (Wildman–Crippen MR) is 107 cm³/mol. The molecule has 5 atom stereocenters. The van der Waals surface area contributed by atoms with Crippen LogP contribution in [0, 0.1) is 0 Å². The monoisotopic (exact) mass is 502 g/mol. The molecule has 32 heavy (non-hydrogen) atoms. The van der Waals surface area contributed by atoms with E-state index in [1.54, 1.807) is 30.3 Å². The molecule has 3 N–H and O–H groups in total. The number of benzene rings is 1. The lowest BCUT2D eigenvalue weighted by molar-refractivity contribution is -0.278. The molecule has 0 amide bonds. The summed E-state index contributed by atoms with van der Waals surface area (Å²) in [6.45, 7) is -2.14. The van der Waals surface area contributed by atoms with Crippen molar-refractivity contribution in [2.45, 2.75) is 36.9 Å². The van der Waals surface area contributed by atoms with E-state index in [0.717, 1.165) is 21.6 Å². The number of hydrogen-bond acceptors (Lipinski definition) is 11. The van der Waals surface area contributed by atoms with Crippen molar-refractivity contribution in [1.82, 2.24) is 0 Å².